The highest BCUT2D eigenvalue weighted by Gasteiger charge is 1.94. The molecule has 0 aliphatic heterocycles. The molecule has 0 aromatic rings. The summed E-state index contributed by atoms with van der Waals surface area (Å²) in [4.78, 5) is 10.3. The minimum Gasteiger partial charge on any atom is -0.337 e. The summed E-state index contributed by atoms with van der Waals surface area (Å²) in [5.74, 6) is 0. The maximum atomic E-state index is 10.3. The summed E-state index contributed by atoms with van der Waals surface area (Å²) in [5.41, 5.74) is 6.65. The summed E-state index contributed by atoms with van der Waals surface area (Å²) < 4.78 is 0. The molecular formula is C13H27N2O. The Hall–Kier alpha value is -0.730. The molecule has 95 valence electrons. The summed E-state index contributed by atoms with van der Waals surface area (Å²) in [6.07, 6.45) is 13.0. The monoisotopic (exact) mass is 227 g/mol. The van der Waals surface area contributed by atoms with E-state index >= 15 is 0 Å². The quantitative estimate of drug-likeness (QED) is 0.535. The Labute approximate surface area is 100 Å². The largest absolute Gasteiger partial charge is 0.337 e. The lowest BCUT2D eigenvalue weighted by Gasteiger charge is -2.02. The van der Waals surface area contributed by atoms with E-state index in [1.807, 2.05) is 0 Å². The molecule has 0 aromatic heterocycles. The SMILES string of the molecule is CCCCCCCCCCCCNC([NH])=O. The second-order valence-corrected chi connectivity index (χ2v) is 4.44. The predicted octanol–water partition coefficient (Wildman–Crippen LogP) is 3.90. The van der Waals surface area contributed by atoms with Crippen LogP contribution in [0.4, 0.5) is 4.79 Å². The van der Waals surface area contributed by atoms with Crippen LogP contribution in [0.2, 0.25) is 0 Å². The second-order valence-electron chi connectivity index (χ2n) is 4.44. The van der Waals surface area contributed by atoms with Crippen molar-refractivity contribution in [3.8, 4) is 0 Å². The molecule has 0 aliphatic rings. The van der Waals surface area contributed by atoms with Crippen molar-refractivity contribution in [2.45, 2.75) is 71.1 Å². The molecule has 0 saturated heterocycles. The van der Waals surface area contributed by atoms with Gasteiger partial charge in [0.1, 0.15) is 0 Å². The standard InChI is InChI=1S/C13H27N2O/c1-2-3-4-5-6-7-8-9-10-11-12-15-13(14)16/h14H,2-12H2,1H3,(H,15,16). The highest BCUT2D eigenvalue weighted by atomic mass is 16.2. The van der Waals surface area contributed by atoms with Crippen LogP contribution in [0.15, 0.2) is 0 Å². The Morgan fingerprint density at radius 2 is 1.31 bits per heavy atom. The fraction of sp³-hybridized carbons (Fsp3) is 0.923. The number of urea groups is 1. The van der Waals surface area contributed by atoms with Crippen LogP contribution >= 0.6 is 0 Å². The highest BCUT2D eigenvalue weighted by molar-refractivity contribution is 5.70. The molecule has 1 radical (unpaired) electrons. The Kier molecular flexibility index (Phi) is 11.8. The summed E-state index contributed by atoms with van der Waals surface area (Å²) in [6.45, 7) is 2.91. The van der Waals surface area contributed by atoms with Gasteiger partial charge in [-0.1, -0.05) is 64.7 Å². The summed E-state index contributed by atoms with van der Waals surface area (Å²) >= 11 is 0. The zero-order valence-corrected chi connectivity index (χ0v) is 10.7. The van der Waals surface area contributed by atoms with Gasteiger partial charge in [-0.3, -0.25) is 0 Å². The van der Waals surface area contributed by atoms with E-state index in [-0.39, 0.29) is 0 Å². The lowest BCUT2D eigenvalue weighted by molar-refractivity contribution is 0.247. The van der Waals surface area contributed by atoms with E-state index in [9.17, 15) is 4.79 Å². The molecule has 3 heteroatoms. The molecular weight excluding hydrogens is 200 g/mol. The molecule has 0 atom stereocenters. The lowest BCUT2D eigenvalue weighted by Crippen LogP contribution is -2.23. The number of unbranched alkanes of at least 4 members (excludes halogenated alkanes) is 9. The molecule has 0 aliphatic carbocycles. The minimum absolute atomic E-state index is 0.657. The first-order valence-corrected chi connectivity index (χ1v) is 6.76. The van der Waals surface area contributed by atoms with Gasteiger partial charge in [-0.25, -0.2) is 10.5 Å². The van der Waals surface area contributed by atoms with Gasteiger partial charge in [0.25, 0.3) is 0 Å². The zero-order chi connectivity index (χ0) is 12.1. The van der Waals surface area contributed by atoms with Gasteiger partial charge in [0.2, 0.25) is 0 Å². The van der Waals surface area contributed by atoms with Crippen LogP contribution in [0.1, 0.15) is 71.1 Å². The number of rotatable bonds is 11. The van der Waals surface area contributed by atoms with Gasteiger partial charge < -0.3 is 5.32 Å². The zero-order valence-electron chi connectivity index (χ0n) is 10.7. The summed E-state index contributed by atoms with van der Waals surface area (Å²) in [5, 5.41) is 2.50. The van der Waals surface area contributed by atoms with Crippen LogP contribution in [-0.4, -0.2) is 12.6 Å². The first-order chi connectivity index (χ1) is 7.77. The molecule has 0 heterocycles. The van der Waals surface area contributed by atoms with Crippen molar-refractivity contribution in [1.29, 1.82) is 0 Å². The van der Waals surface area contributed by atoms with Gasteiger partial charge in [0, 0.05) is 6.54 Å². The van der Waals surface area contributed by atoms with Crippen molar-refractivity contribution in [2.24, 2.45) is 0 Å². The maximum Gasteiger partial charge on any atom is 0.333 e. The molecule has 3 nitrogen and oxygen atoms in total. The number of amides is 2. The fourth-order valence-electron chi connectivity index (χ4n) is 1.81. The van der Waals surface area contributed by atoms with Crippen molar-refractivity contribution in [2.75, 3.05) is 6.54 Å². The number of carbonyl (C=O) groups is 1. The molecule has 0 aromatic carbocycles. The van der Waals surface area contributed by atoms with Crippen LogP contribution in [0, 0.1) is 0 Å². The first kappa shape index (κ1) is 15.3. The van der Waals surface area contributed by atoms with Crippen molar-refractivity contribution in [1.82, 2.24) is 11.1 Å². The molecule has 0 unspecified atom stereocenters. The number of nitrogens with one attached hydrogen (secondary N) is 2. The van der Waals surface area contributed by atoms with Crippen molar-refractivity contribution >= 4 is 6.03 Å². The van der Waals surface area contributed by atoms with Crippen LogP contribution in [0.5, 0.6) is 0 Å². The third-order valence-electron chi connectivity index (χ3n) is 2.82. The molecule has 0 fully saturated rings. The molecule has 2 amide bonds. The van der Waals surface area contributed by atoms with Gasteiger partial charge in [-0.15, -0.1) is 0 Å². The molecule has 0 rings (SSSR count). The molecule has 16 heavy (non-hydrogen) atoms. The van der Waals surface area contributed by atoms with E-state index in [1.54, 1.807) is 0 Å². The van der Waals surface area contributed by atoms with Crippen LogP contribution in [0.25, 0.3) is 0 Å². The van der Waals surface area contributed by atoms with E-state index in [0.717, 1.165) is 6.42 Å². The molecule has 2 N–H and O–H groups in total. The van der Waals surface area contributed by atoms with Crippen molar-refractivity contribution in [3.63, 3.8) is 0 Å². The fourth-order valence-corrected chi connectivity index (χ4v) is 1.81. The van der Waals surface area contributed by atoms with Gasteiger partial charge in [-0.05, 0) is 6.42 Å². The van der Waals surface area contributed by atoms with Crippen molar-refractivity contribution < 1.29 is 4.79 Å². The normalized spacial score (nSPS) is 10.3. The van der Waals surface area contributed by atoms with Gasteiger partial charge in [0.15, 0.2) is 0 Å². The van der Waals surface area contributed by atoms with Crippen molar-refractivity contribution in [3.05, 3.63) is 0 Å². The molecule has 0 bridgehead atoms. The Bertz CT molecular complexity index is 160. The van der Waals surface area contributed by atoms with Crippen LogP contribution in [-0.2, 0) is 0 Å². The van der Waals surface area contributed by atoms with Crippen LogP contribution in [0.3, 0.4) is 0 Å². The number of hydrogen-bond acceptors (Lipinski definition) is 1. The Balaban J connectivity index is 2.90. The maximum absolute atomic E-state index is 10.3. The average molecular weight is 227 g/mol. The van der Waals surface area contributed by atoms with E-state index in [4.69, 9.17) is 5.73 Å². The highest BCUT2D eigenvalue weighted by Crippen LogP contribution is 2.10. The summed E-state index contributed by atoms with van der Waals surface area (Å²) in [6, 6.07) is -0.657. The third kappa shape index (κ3) is 13.3. The predicted molar refractivity (Wildman–Crippen MR) is 68.3 cm³/mol. The van der Waals surface area contributed by atoms with E-state index in [1.165, 1.54) is 57.8 Å². The molecule has 0 spiro atoms. The van der Waals surface area contributed by atoms with Crippen LogP contribution < -0.4 is 11.1 Å². The third-order valence-corrected chi connectivity index (χ3v) is 2.82. The van der Waals surface area contributed by atoms with Gasteiger partial charge in [0.05, 0.1) is 0 Å². The molecule has 0 saturated carbocycles. The Morgan fingerprint density at radius 1 is 0.875 bits per heavy atom. The number of hydrogen-bond donors (Lipinski definition) is 1. The van der Waals surface area contributed by atoms with Gasteiger partial charge in [-0.2, -0.15) is 0 Å². The topological polar surface area (TPSA) is 52.9 Å². The van der Waals surface area contributed by atoms with E-state index in [2.05, 4.69) is 12.2 Å². The van der Waals surface area contributed by atoms with E-state index in [0.29, 0.717) is 6.54 Å². The van der Waals surface area contributed by atoms with E-state index < -0.39 is 6.03 Å². The smallest absolute Gasteiger partial charge is 0.333 e. The Morgan fingerprint density at radius 3 is 1.75 bits per heavy atom. The second kappa shape index (κ2) is 12.3. The first-order valence-electron chi connectivity index (χ1n) is 6.76. The lowest BCUT2D eigenvalue weighted by atomic mass is 10.1. The number of carbonyl (C=O) groups excluding carboxylic acids is 1. The summed E-state index contributed by atoms with van der Waals surface area (Å²) in [7, 11) is 0. The average Bonchev–Trinajstić information content (AvgIpc) is 2.25. The minimum atomic E-state index is -0.657. The van der Waals surface area contributed by atoms with Gasteiger partial charge >= 0.3 is 6.03 Å².